The van der Waals surface area contributed by atoms with Crippen molar-refractivity contribution < 1.29 is 4.79 Å². The largest absolute Gasteiger partial charge is 0.352 e. The van der Waals surface area contributed by atoms with Gasteiger partial charge in [0.2, 0.25) is 0 Å². The van der Waals surface area contributed by atoms with Crippen molar-refractivity contribution in [2.75, 3.05) is 6.54 Å². The predicted octanol–water partition coefficient (Wildman–Crippen LogP) is 4.99. The number of nitrogens with one attached hydrogen (secondary N) is 1. The summed E-state index contributed by atoms with van der Waals surface area (Å²) in [6.45, 7) is 3.46. The second-order valence-electron chi connectivity index (χ2n) is 7.00. The number of halogens is 1. The summed E-state index contributed by atoms with van der Waals surface area (Å²) >= 11 is 3.51. The summed E-state index contributed by atoms with van der Waals surface area (Å²) in [4.78, 5) is 21.8. The van der Waals surface area contributed by atoms with Crippen molar-refractivity contribution in [3.05, 3.63) is 82.9 Å². The molecule has 0 aliphatic rings. The lowest BCUT2D eigenvalue weighted by atomic mass is 10.0. The summed E-state index contributed by atoms with van der Waals surface area (Å²) < 4.78 is 2.92. The smallest absolute Gasteiger partial charge is 0.252 e. The van der Waals surface area contributed by atoms with Crippen LogP contribution >= 0.6 is 15.9 Å². The van der Waals surface area contributed by atoms with Gasteiger partial charge in [0.1, 0.15) is 0 Å². The molecule has 0 unspecified atom stereocenters. The van der Waals surface area contributed by atoms with Crippen LogP contribution in [-0.2, 0) is 6.54 Å². The van der Waals surface area contributed by atoms with E-state index < -0.39 is 0 Å². The van der Waals surface area contributed by atoms with Crippen LogP contribution in [0, 0.1) is 6.92 Å². The van der Waals surface area contributed by atoms with Crippen LogP contribution in [0.15, 0.2) is 71.7 Å². The summed E-state index contributed by atoms with van der Waals surface area (Å²) in [6.07, 6.45) is 6.29. The topological polar surface area (TPSA) is 59.8 Å². The minimum absolute atomic E-state index is 0.0879. The Labute approximate surface area is 177 Å². The molecule has 2 aromatic carbocycles. The average Bonchev–Trinajstić information content (AvgIpc) is 3.24. The zero-order chi connectivity index (χ0) is 20.2. The fourth-order valence-electron chi connectivity index (χ4n) is 3.32. The molecule has 0 aliphatic carbocycles. The van der Waals surface area contributed by atoms with E-state index in [-0.39, 0.29) is 5.91 Å². The number of carbonyl (C=O) groups is 1. The molecule has 0 spiro atoms. The van der Waals surface area contributed by atoms with E-state index in [0.29, 0.717) is 12.1 Å². The van der Waals surface area contributed by atoms with E-state index in [0.717, 1.165) is 45.2 Å². The number of hydrogen-bond acceptors (Lipinski definition) is 3. The van der Waals surface area contributed by atoms with Gasteiger partial charge in [-0.05, 0) is 43.7 Å². The lowest BCUT2D eigenvalue weighted by Crippen LogP contribution is -2.25. The highest BCUT2D eigenvalue weighted by atomic mass is 79.9. The SMILES string of the molecule is Cc1cccc(-c2cc(C(=O)NCCCn3ccnc3)c3cc(Br)ccc3n2)c1. The number of hydrogen-bond donors (Lipinski definition) is 1. The Kier molecular flexibility index (Phi) is 5.71. The molecule has 4 aromatic rings. The molecule has 1 N–H and O–H groups in total. The molecule has 0 saturated heterocycles. The fraction of sp³-hybridized carbons (Fsp3) is 0.174. The van der Waals surface area contributed by atoms with Crippen molar-refractivity contribution in [1.29, 1.82) is 0 Å². The van der Waals surface area contributed by atoms with Crippen molar-refractivity contribution in [3.8, 4) is 11.3 Å². The number of carbonyl (C=O) groups excluding carboxylic acids is 1. The van der Waals surface area contributed by atoms with E-state index in [1.54, 1.807) is 12.5 Å². The highest BCUT2D eigenvalue weighted by Gasteiger charge is 2.14. The number of pyridine rings is 1. The second-order valence-corrected chi connectivity index (χ2v) is 7.91. The van der Waals surface area contributed by atoms with Gasteiger partial charge in [0.15, 0.2) is 0 Å². The molecule has 0 fully saturated rings. The number of aromatic nitrogens is 3. The van der Waals surface area contributed by atoms with Gasteiger partial charge in [-0.1, -0.05) is 39.7 Å². The Bertz CT molecular complexity index is 1150. The number of rotatable bonds is 6. The zero-order valence-electron chi connectivity index (χ0n) is 16.1. The van der Waals surface area contributed by atoms with Gasteiger partial charge in [-0.2, -0.15) is 0 Å². The molecule has 0 aliphatic heterocycles. The van der Waals surface area contributed by atoms with E-state index in [1.807, 2.05) is 47.2 Å². The average molecular weight is 449 g/mol. The quantitative estimate of drug-likeness (QED) is 0.422. The zero-order valence-corrected chi connectivity index (χ0v) is 17.7. The highest BCUT2D eigenvalue weighted by Crippen LogP contribution is 2.27. The monoisotopic (exact) mass is 448 g/mol. The molecule has 6 heteroatoms. The molecule has 2 heterocycles. The maximum absolute atomic E-state index is 13.0. The van der Waals surface area contributed by atoms with E-state index >= 15 is 0 Å². The first-order valence-corrected chi connectivity index (χ1v) is 10.3. The first kappa shape index (κ1) is 19.3. The molecular formula is C23H21BrN4O. The van der Waals surface area contributed by atoms with Crippen molar-refractivity contribution in [2.45, 2.75) is 19.9 Å². The number of imidazole rings is 1. The van der Waals surface area contributed by atoms with Crippen LogP contribution in [-0.4, -0.2) is 27.0 Å². The Morgan fingerprint density at radius 1 is 1.17 bits per heavy atom. The molecule has 29 heavy (non-hydrogen) atoms. The van der Waals surface area contributed by atoms with E-state index in [9.17, 15) is 4.79 Å². The first-order chi connectivity index (χ1) is 14.1. The summed E-state index contributed by atoms with van der Waals surface area (Å²) in [7, 11) is 0. The third kappa shape index (κ3) is 4.54. The normalized spacial score (nSPS) is 11.0. The molecular weight excluding hydrogens is 428 g/mol. The summed E-state index contributed by atoms with van der Waals surface area (Å²) in [5.41, 5.74) is 4.40. The molecule has 0 atom stereocenters. The third-order valence-electron chi connectivity index (χ3n) is 4.77. The second kappa shape index (κ2) is 8.57. The van der Waals surface area contributed by atoms with Crippen LogP contribution in [0.25, 0.3) is 22.2 Å². The van der Waals surface area contributed by atoms with Gasteiger partial charge in [-0.25, -0.2) is 9.97 Å². The number of aryl methyl sites for hydroxylation is 2. The number of benzene rings is 2. The number of amides is 1. The third-order valence-corrected chi connectivity index (χ3v) is 5.26. The minimum Gasteiger partial charge on any atom is -0.352 e. The Balaban J connectivity index is 1.62. The van der Waals surface area contributed by atoms with E-state index in [2.05, 4.69) is 45.3 Å². The molecule has 5 nitrogen and oxygen atoms in total. The lowest BCUT2D eigenvalue weighted by molar-refractivity contribution is 0.0954. The van der Waals surface area contributed by atoms with Crippen molar-refractivity contribution in [3.63, 3.8) is 0 Å². The lowest BCUT2D eigenvalue weighted by Gasteiger charge is -2.12. The van der Waals surface area contributed by atoms with Crippen LogP contribution in [0.1, 0.15) is 22.3 Å². The standard InChI is InChI=1S/C23H21BrN4O/c1-16-4-2-5-17(12-16)22-14-20(19-13-18(24)6-7-21(19)27-22)23(29)26-8-3-10-28-11-9-25-15-28/h2,4-7,9,11-15H,3,8,10H2,1H3,(H,26,29). The van der Waals surface area contributed by atoms with Gasteiger partial charge in [0.25, 0.3) is 5.91 Å². The van der Waals surface area contributed by atoms with E-state index in [4.69, 9.17) is 4.98 Å². The molecule has 2 aromatic heterocycles. The van der Waals surface area contributed by atoms with Crippen LogP contribution < -0.4 is 5.32 Å². The molecule has 1 amide bonds. The van der Waals surface area contributed by atoms with Crippen molar-refractivity contribution in [1.82, 2.24) is 19.9 Å². The van der Waals surface area contributed by atoms with Gasteiger partial charge < -0.3 is 9.88 Å². The Morgan fingerprint density at radius 3 is 2.86 bits per heavy atom. The van der Waals surface area contributed by atoms with Crippen LogP contribution in [0.5, 0.6) is 0 Å². The molecule has 4 rings (SSSR count). The fourth-order valence-corrected chi connectivity index (χ4v) is 3.68. The van der Waals surface area contributed by atoms with Gasteiger partial charge in [0.05, 0.1) is 23.1 Å². The van der Waals surface area contributed by atoms with Gasteiger partial charge >= 0.3 is 0 Å². The van der Waals surface area contributed by atoms with Crippen LogP contribution in [0.2, 0.25) is 0 Å². The van der Waals surface area contributed by atoms with E-state index in [1.165, 1.54) is 0 Å². The first-order valence-electron chi connectivity index (χ1n) is 9.51. The minimum atomic E-state index is -0.0879. The molecule has 0 bridgehead atoms. The maximum atomic E-state index is 13.0. The van der Waals surface area contributed by atoms with Crippen molar-refractivity contribution >= 4 is 32.7 Å². The summed E-state index contributed by atoms with van der Waals surface area (Å²) in [5, 5.41) is 3.88. The summed E-state index contributed by atoms with van der Waals surface area (Å²) in [5.74, 6) is -0.0879. The summed E-state index contributed by atoms with van der Waals surface area (Å²) in [6, 6.07) is 15.9. The van der Waals surface area contributed by atoms with Crippen LogP contribution in [0.4, 0.5) is 0 Å². The van der Waals surface area contributed by atoms with Gasteiger partial charge in [0, 0.05) is 40.9 Å². The highest BCUT2D eigenvalue weighted by molar-refractivity contribution is 9.10. The van der Waals surface area contributed by atoms with Crippen molar-refractivity contribution in [2.24, 2.45) is 0 Å². The van der Waals surface area contributed by atoms with Gasteiger partial charge in [-0.15, -0.1) is 0 Å². The molecule has 0 radical (unpaired) electrons. The number of fused-ring (bicyclic) bond motifs is 1. The molecule has 0 saturated carbocycles. The van der Waals surface area contributed by atoms with Gasteiger partial charge in [-0.3, -0.25) is 4.79 Å². The Morgan fingerprint density at radius 2 is 2.07 bits per heavy atom. The Hall–Kier alpha value is -2.99. The number of nitrogens with zero attached hydrogens (tertiary/aromatic N) is 3. The maximum Gasteiger partial charge on any atom is 0.252 e. The molecule has 146 valence electrons. The van der Waals surface area contributed by atoms with Crippen LogP contribution in [0.3, 0.4) is 0 Å². The predicted molar refractivity (Wildman–Crippen MR) is 119 cm³/mol.